The van der Waals surface area contributed by atoms with Crippen LogP contribution in [-0.2, 0) is 4.79 Å². The summed E-state index contributed by atoms with van der Waals surface area (Å²) in [5, 5.41) is 2.96. The molecule has 108 valence electrons. The minimum atomic E-state index is -0.382. The highest BCUT2D eigenvalue weighted by atomic mass is 79.9. The monoisotopic (exact) mass is 385 g/mol. The smallest absolute Gasteiger partial charge is 0.239 e. The van der Waals surface area contributed by atoms with E-state index in [4.69, 9.17) is 23.2 Å². The predicted molar refractivity (Wildman–Crippen MR) is 88.4 cm³/mol. The molecule has 2 aromatic carbocycles. The third-order valence-corrected chi connectivity index (χ3v) is 3.81. The van der Waals surface area contributed by atoms with Crippen molar-refractivity contribution in [2.24, 2.45) is 0 Å². The van der Waals surface area contributed by atoms with E-state index in [1.54, 1.807) is 42.5 Å². The molecule has 0 heterocycles. The molecule has 1 amide bonds. The molecule has 0 fully saturated rings. The molecule has 6 heteroatoms. The van der Waals surface area contributed by atoms with Gasteiger partial charge >= 0.3 is 0 Å². The van der Waals surface area contributed by atoms with E-state index in [9.17, 15) is 9.59 Å². The van der Waals surface area contributed by atoms with Gasteiger partial charge in [-0.3, -0.25) is 9.59 Å². The Hall–Kier alpha value is -1.36. The second-order valence-electron chi connectivity index (χ2n) is 4.18. The van der Waals surface area contributed by atoms with Crippen molar-refractivity contribution in [2.45, 2.75) is 0 Å². The number of anilines is 1. The van der Waals surface area contributed by atoms with E-state index in [-0.39, 0.29) is 17.6 Å². The van der Waals surface area contributed by atoms with E-state index in [0.717, 1.165) is 4.47 Å². The van der Waals surface area contributed by atoms with Gasteiger partial charge < -0.3 is 5.32 Å². The van der Waals surface area contributed by atoms with Gasteiger partial charge in [0.05, 0.1) is 10.7 Å². The average Bonchev–Trinajstić information content (AvgIpc) is 2.48. The molecule has 0 aliphatic rings. The maximum absolute atomic E-state index is 12.6. The zero-order valence-electron chi connectivity index (χ0n) is 10.7. The van der Waals surface area contributed by atoms with Crippen LogP contribution in [0.2, 0.25) is 5.02 Å². The quantitative estimate of drug-likeness (QED) is 0.620. The first-order valence-electron chi connectivity index (χ1n) is 5.97. The van der Waals surface area contributed by atoms with E-state index in [0.29, 0.717) is 21.8 Å². The topological polar surface area (TPSA) is 46.2 Å². The van der Waals surface area contributed by atoms with E-state index in [1.165, 1.54) is 0 Å². The number of alkyl halides is 1. The van der Waals surface area contributed by atoms with Crippen LogP contribution in [0, 0.1) is 0 Å². The molecule has 0 aromatic heterocycles. The number of carbonyl (C=O) groups is 2. The summed E-state index contributed by atoms with van der Waals surface area (Å²) in [5.74, 6) is -0.838. The van der Waals surface area contributed by atoms with Gasteiger partial charge in [-0.15, -0.1) is 11.6 Å². The minimum absolute atomic E-state index is 0.185. The van der Waals surface area contributed by atoms with Gasteiger partial charge in [0.2, 0.25) is 5.91 Å². The molecule has 0 atom stereocenters. The van der Waals surface area contributed by atoms with Gasteiger partial charge in [0.1, 0.15) is 5.88 Å². The van der Waals surface area contributed by atoms with Crippen LogP contribution >= 0.6 is 39.1 Å². The maximum Gasteiger partial charge on any atom is 0.239 e. The Labute approximate surface area is 140 Å². The number of halogens is 3. The van der Waals surface area contributed by atoms with Crippen molar-refractivity contribution in [3.05, 3.63) is 63.1 Å². The molecule has 2 rings (SSSR count). The first-order valence-corrected chi connectivity index (χ1v) is 7.68. The lowest BCUT2D eigenvalue weighted by Gasteiger charge is -2.11. The minimum Gasteiger partial charge on any atom is -0.324 e. The fourth-order valence-electron chi connectivity index (χ4n) is 1.79. The van der Waals surface area contributed by atoms with Crippen LogP contribution in [0.3, 0.4) is 0 Å². The molecular weight excluding hydrogens is 377 g/mol. The molecule has 0 aliphatic heterocycles. The Morgan fingerprint density at radius 2 is 1.81 bits per heavy atom. The first-order chi connectivity index (χ1) is 10.0. The van der Waals surface area contributed by atoms with Crippen molar-refractivity contribution in [3.8, 4) is 0 Å². The number of hydrogen-bond donors (Lipinski definition) is 1. The fourth-order valence-corrected chi connectivity index (χ4v) is 2.44. The molecule has 0 unspecified atom stereocenters. The Bertz CT molecular complexity index is 704. The lowest BCUT2D eigenvalue weighted by atomic mass is 10.0. The Morgan fingerprint density at radius 1 is 1.10 bits per heavy atom. The van der Waals surface area contributed by atoms with Gasteiger partial charge in [-0.2, -0.15) is 0 Å². The Kier molecular flexibility index (Phi) is 5.39. The molecule has 3 nitrogen and oxygen atoms in total. The van der Waals surface area contributed by atoms with E-state index in [1.807, 2.05) is 0 Å². The van der Waals surface area contributed by atoms with E-state index < -0.39 is 0 Å². The molecular formula is C15H10BrCl2NO2. The van der Waals surface area contributed by atoms with Crippen molar-refractivity contribution in [2.75, 3.05) is 11.2 Å². The molecule has 1 N–H and O–H groups in total. The van der Waals surface area contributed by atoms with Crippen molar-refractivity contribution >= 4 is 56.5 Å². The van der Waals surface area contributed by atoms with Crippen LogP contribution < -0.4 is 5.32 Å². The van der Waals surface area contributed by atoms with Crippen LogP contribution in [0.5, 0.6) is 0 Å². The predicted octanol–water partition coefficient (Wildman–Crippen LogP) is 4.51. The van der Waals surface area contributed by atoms with Crippen molar-refractivity contribution in [3.63, 3.8) is 0 Å². The number of carbonyl (C=O) groups excluding carboxylic acids is 2. The van der Waals surface area contributed by atoms with Crippen LogP contribution in [0.15, 0.2) is 46.9 Å². The van der Waals surface area contributed by atoms with Gasteiger partial charge in [-0.1, -0.05) is 39.7 Å². The number of hydrogen-bond acceptors (Lipinski definition) is 2. The molecule has 0 spiro atoms. The lowest BCUT2D eigenvalue weighted by Crippen LogP contribution is -2.16. The van der Waals surface area contributed by atoms with Crippen molar-refractivity contribution in [1.29, 1.82) is 0 Å². The van der Waals surface area contributed by atoms with Crippen molar-refractivity contribution < 1.29 is 9.59 Å². The zero-order valence-corrected chi connectivity index (χ0v) is 13.8. The zero-order chi connectivity index (χ0) is 15.4. The fraction of sp³-hybridized carbons (Fsp3) is 0.0667. The Morgan fingerprint density at radius 3 is 2.48 bits per heavy atom. The molecule has 0 saturated heterocycles. The summed E-state index contributed by atoms with van der Waals surface area (Å²) in [4.78, 5) is 24.1. The average molecular weight is 387 g/mol. The number of rotatable bonds is 4. The summed E-state index contributed by atoms with van der Waals surface area (Å²) in [5.41, 5.74) is 1.11. The maximum atomic E-state index is 12.6. The number of amides is 1. The molecule has 21 heavy (non-hydrogen) atoms. The molecule has 0 aliphatic carbocycles. The van der Waals surface area contributed by atoms with Gasteiger partial charge in [-0.05, 0) is 30.3 Å². The third-order valence-electron chi connectivity index (χ3n) is 2.74. The van der Waals surface area contributed by atoms with E-state index >= 15 is 0 Å². The van der Waals surface area contributed by atoms with Gasteiger partial charge in [-0.25, -0.2) is 0 Å². The van der Waals surface area contributed by atoms with Gasteiger partial charge in [0.25, 0.3) is 0 Å². The summed E-state index contributed by atoms with van der Waals surface area (Å²) >= 11 is 14.8. The number of ketones is 1. The first kappa shape index (κ1) is 16.0. The van der Waals surface area contributed by atoms with Crippen molar-refractivity contribution in [1.82, 2.24) is 0 Å². The molecule has 2 aromatic rings. The summed E-state index contributed by atoms with van der Waals surface area (Å²) in [6.07, 6.45) is 0. The highest BCUT2D eigenvalue weighted by Crippen LogP contribution is 2.26. The van der Waals surface area contributed by atoms with Crippen LogP contribution in [0.1, 0.15) is 15.9 Å². The highest BCUT2D eigenvalue weighted by molar-refractivity contribution is 9.10. The SMILES string of the molecule is O=C(CCl)Nc1ccc(Br)cc1C(=O)c1ccccc1Cl. The summed E-state index contributed by atoms with van der Waals surface area (Å²) < 4.78 is 0.724. The highest BCUT2D eigenvalue weighted by Gasteiger charge is 2.17. The van der Waals surface area contributed by atoms with E-state index in [2.05, 4.69) is 21.2 Å². The summed E-state index contributed by atoms with van der Waals surface area (Å²) in [6.45, 7) is 0. The molecule has 0 radical (unpaired) electrons. The summed E-state index contributed by atoms with van der Waals surface area (Å²) in [7, 11) is 0. The standard InChI is InChI=1S/C15H10BrCl2NO2/c16-9-5-6-13(19-14(20)8-17)11(7-9)15(21)10-3-1-2-4-12(10)18/h1-7H,8H2,(H,19,20). The summed E-state index contributed by atoms with van der Waals surface area (Å²) in [6, 6.07) is 11.8. The largest absolute Gasteiger partial charge is 0.324 e. The second kappa shape index (κ2) is 7.07. The van der Waals surface area contributed by atoms with Crippen LogP contribution in [0.25, 0.3) is 0 Å². The van der Waals surface area contributed by atoms with Gasteiger partial charge in [0, 0.05) is 15.6 Å². The van der Waals surface area contributed by atoms with Crippen LogP contribution in [-0.4, -0.2) is 17.6 Å². The molecule has 0 saturated carbocycles. The second-order valence-corrected chi connectivity index (χ2v) is 5.77. The van der Waals surface area contributed by atoms with Gasteiger partial charge in [0.15, 0.2) is 5.78 Å². The number of nitrogens with one attached hydrogen (secondary N) is 1. The third kappa shape index (κ3) is 3.84. The lowest BCUT2D eigenvalue weighted by molar-refractivity contribution is -0.113. The number of benzene rings is 2. The Balaban J connectivity index is 2.47. The normalized spacial score (nSPS) is 10.2. The molecule has 0 bridgehead atoms. The van der Waals surface area contributed by atoms with Crippen LogP contribution in [0.4, 0.5) is 5.69 Å².